The molecule has 0 amide bonds. The van der Waals surface area contributed by atoms with E-state index < -0.39 is 0 Å². The van der Waals surface area contributed by atoms with E-state index >= 15 is 0 Å². The number of rotatable bonds is 5. The van der Waals surface area contributed by atoms with Gasteiger partial charge in [-0.3, -0.25) is 10.5 Å². The molecule has 0 fully saturated rings. The summed E-state index contributed by atoms with van der Waals surface area (Å²) in [6, 6.07) is 12.8. The Morgan fingerprint density at radius 3 is 2.85 bits per heavy atom. The molecule has 0 aliphatic carbocycles. The Hall–Kier alpha value is -3.48. The van der Waals surface area contributed by atoms with Crippen LogP contribution in [0.2, 0.25) is 0 Å². The van der Waals surface area contributed by atoms with Gasteiger partial charge in [-0.15, -0.1) is 0 Å². The molecule has 1 aliphatic rings. The van der Waals surface area contributed by atoms with E-state index in [-0.39, 0.29) is 19.1 Å². The minimum Gasteiger partial charge on any atom is -0.497 e. The summed E-state index contributed by atoms with van der Waals surface area (Å²) in [5.41, 5.74) is 8.62. The summed E-state index contributed by atoms with van der Waals surface area (Å²) in [6.07, 6.45) is 1.87. The Bertz CT molecular complexity index is 1030. The SMILES string of the molecule is COc1cccc(C(=O)C[n+]2cc(-c3ccc4c(c3)OCO4)n(C)c2N)c1. The zero-order valence-corrected chi connectivity index (χ0v) is 15.1. The van der Waals surface area contributed by atoms with E-state index in [1.807, 2.05) is 36.0 Å². The normalized spacial score (nSPS) is 12.2. The van der Waals surface area contributed by atoms with Gasteiger partial charge in [0.2, 0.25) is 6.79 Å². The number of benzene rings is 2. The van der Waals surface area contributed by atoms with E-state index in [4.69, 9.17) is 19.9 Å². The third kappa shape index (κ3) is 3.08. The van der Waals surface area contributed by atoms with E-state index in [1.54, 1.807) is 35.9 Å². The minimum atomic E-state index is -0.0477. The van der Waals surface area contributed by atoms with E-state index in [1.165, 1.54) is 0 Å². The Morgan fingerprint density at radius 2 is 2.04 bits per heavy atom. The maximum Gasteiger partial charge on any atom is 0.355 e. The zero-order chi connectivity index (χ0) is 19.0. The van der Waals surface area contributed by atoms with Gasteiger partial charge in [0, 0.05) is 11.1 Å². The zero-order valence-electron chi connectivity index (χ0n) is 15.1. The topological polar surface area (TPSA) is 79.6 Å². The number of carbonyl (C=O) groups is 1. The molecule has 27 heavy (non-hydrogen) atoms. The number of nitrogens with two attached hydrogens (primary N) is 1. The van der Waals surface area contributed by atoms with Crippen molar-refractivity contribution in [3.05, 3.63) is 54.2 Å². The highest BCUT2D eigenvalue weighted by Gasteiger charge is 2.22. The van der Waals surface area contributed by atoms with E-state index in [0.717, 1.165) is 17.0 Å². The molecule has 4 rings (SSSR count). The predicted molar refractivity (Wildman–Crippen MR) is 98.9 cm³/mol. The standard InChI is InChI=1S/C20H19N3O4/c1-22-16(13-6-7-18-19(9-13)27-12-26-18)10-23(20(22)21)11-17(24)14-4-3-5-15(8-14)25-2/h3-10,21H,11-12H2,1-2H3/p+1. The molecule has 0 atom stereocenters. The van der Waals surface area contributed by atoms with Gasteiger partial charge >= 0.3 is 5.95 Å². The molecule has 2 heterocycles. The Kier molecular flexibility index (Phi) is 4.19. The van der Waals surface area contributed by atoms with Crippen LogP contribution in [-0.4, -0.2) is 24.3 Å². The van der Waals surface area contributed by atoms with Gasteiger partial charge in [0.15, 0.2) is 17.3 Å². The first-order valence-corrected chi connectivity index (χ1v) is 8.48. The van der Waals surface area contributed by atoms with Crippen molar-refractivity contribution < 1.29 is 23.6 Å². The number of anilines is 1. The van der Waals surface area contributed by atoms with Gasteiger partial charge in [0.25, 0.3) is 0 Å². The lowest BCUT2D eigenvalue weighted by Crippen LogP contribution is -2.39. The number of ether oxygens (including phenoxy) is 3. The Labute approximate surface area is 156 Å². The number of Topliss-reactive ketones (excluding diaryl/α,β-unsaturated/α-hetero) is 1. The fourth-order valence-corrected chi connectivity index (χ4v) is 3.11. The van der Waals surface area contributed by atoms with Crippen LogP contribution in [-0.2, 0) is 13.6 Å². The molecule has 0 radical (unpaired) electrons. The van der Waals surface area contributed by atoms with Gasteiger partial charge in [0.1, 0.15) is 24.2 Å². The van der Waals surface area contributed by atoms with Crippen LogP contribution in [0.15, 0.2) is 48.7 Å². The molecule has 0 saturated carbocycles. The van der Waals surface area contributed by atoms with Crippen LogP contribution >= 0.6 is 0 Å². The number of ketones is 1. The van der Waals surface area contributed by atoms with Crippen LogP contribution in [0.5, 0.6) is 17.2 Å². The highest BCUT2D eigenvalue weighted by atomic mass is 16.7. The van der Waals surface area contributed by atoms with Crippen molar-refractivity contribution in [2.45, 2.75) is 6.54 Å². The number of imidazole rings is 1. The number of hydrogen-bond donors (Lipinski definition) is 1. The van der Waals surface area contributed by atoms with Gasteiger partial charge in [-0.05, 0) is 30.3 Å². The number of carbonyl (C=O) groups excluding carboxylic acids is 1. The fraction of sp³-hybridized carbons (Fsp3) is 0.200. The predicted octanol–water partition coefficient (Wildman–Crippen LogP) is 2.18. The maximum atomic E-state index is 12.7. The third-order valence-corrected chi connectivity index (χ3v) is 4.65. The van der Waals surface area contributed by atoms with Gasteiger partial charge in [-0.2, -0.15) is 0 Å². The molecule has 3 aromatic rings. The first-order chi connectivity index (χ1) is 13.1. The summed E-state index contributed by atoms with van der Waals surface area (Å²) in [7, 11) is 3.44. The van der Waals surface area contributed by atoms with Crippen molar-refractivity contribution in [2.24, 2.45) is 7.05 Å². The van der Waals surface area contributed by atoms with Crippen molar-refractivity contribution in [1.29, 1.82) is 0 Å². The van der Waals surface area contributed by atoms with Crippen molar-refractivity contribution in [3.8, 4) is 28.5 Å². The summed E-state index contributed by atoms with van der Waals surface area (Å²) >= 11 is 0. The lowest BCUT2D eigenvalue weighted by Gasteiger charge is -2.03. The summed E-state index contributed by atoms with van der Waals surface area (Å²) in [5, 5.41) is 0. The number of hydrogen-bond acceptors (Lipinski definition) is 5. The second kappa shape index (κ2) is 6.68. The molecule has 7 heteroatoms. The molecular formula is C20H20N3O4+. The number of fused-ring (bicyclic) bond motifs is 1. The van der Waals surface area contributed by atoms with Crippen molar-refractivity contribution >= 4 is 11.7 Å². The van der Waals surface area contributed by atoms with E-state index in [2.05, 4.69) is 0 Å². The van der Waals surface area contributed by atoms with Crippen LogP contribution < -0.4 is 24.5 Å². The lowest BCUT2D eigenvalue weighted by molar-refractivity contribution is -0.667. The highest BCUT2D eigenvalue weighted by Crippen LogP contribution is 2.35. The number of nitrogen functional groups attached to an aromatic ring is 1. The molecule has 2 aromatic carbocycles. The van der Waals surface area contributed by atoms with Crippen LogP contribution in [0.4, 0.5) is 5.95 Å². The largest absolute Gasteiger partial charge is 0.497 e. The molecule has 7 nitrogen and oxygen atoms in total. The van der Waals surface area contributed by atoms with E-state index in [9.17, 15) is 4.79 Å². The van der Waals surface area contributed by atoms with Gasteiger partial charge < -0.3 is 14.2 Å². The first-order valence-electron chi connectivity index (χ1n) is 8.48. The van der Waals surface area contributed by atoms with Crippen LogP contribution in [0.1, 0.15) is 10.4 Å². The molecule has 0 spiro atoms. The summed E-state index contributed by atoms with van der Waals surface area (Å²) in [5.74, 6) is 2.51. The van der Waals surface area contributed by atoms with Gasteiger partial charge in [-0.25, -0.2) is 9.13 Å². The van der Waals surface area contributed by atoms with Crippen LogP contribution in [0, 0.1) is 0 Å². The highest BCUT2D eigenvalue weighted by molar-refractivity contribution is 5.95. The minimum absolute atomic E-state index is 0.0477. The Morgan fingerprint density at radius 1 is 1.22 bits per heavy atom. The summed E-state index contributed by atoms with van der Waals surface area (Å²) in [4.78, 5) is 12.7. The molecule has 0 saturated heterocycles. The molecule has 0 bridgehead atoms. The van der Waals surface area contributed by atoms with Crippen molar-refractivity contribution in [2.75, 3.05) is 19.6 Å². The van der Waals surface area contributed by atoms with Gasteiger partial charge in [-0.1, -0.05) is 12.1 Å². The second-order valence-corrected chi connectivity index (χ2v) is 6.28. The van der Waals surface area contributed by atoms with Crippen LogP contribution in [0.25, 0.3) is 11.3 Å². The van der Waals surface area contributed by atoms with Crippen molar-refractivity contribution in [3.63, 3.8) is 0 Å². The van der Waals surface area contributed by atoms with E-state index in [0.29, 0.717) is 23.0 Å². The smallest absolute Gasteiger partial charge is 0.355 e. The quantitative estimate of drug-likeness (QED) is 0.553. The molecule has 1 aromatic heterocycles. The molecule has 0 unspecified atom stereocenters. The maximum absolute atomic E-state index is 12.7. The average Bonchev–Trinajstić information content (AvgIpc) is 3.27. The lowest BCUT2D eigenvalue weighted by atomic mass is 10.1. The Balaban J connectivity index is 1.63. The summed E-state index contributed by atoms with van der Waals surface area (Å²) in [6.45, 7) is 0.362. The molecule has 138 valence electrons. The number of aromatic nitrogens is 2. The third-order valence-electron chi connectivity index (χ3n) is 4.65. The number of nitrogens with zero attached hydrogens (tertiary/aromatic N) is 2. The van der Waals surface area contributed by atoms with Crippen molar-refractivity contribution in [1.82, 2.24) is 4.57 Å². The molecular weight excluding hydrogens is 346 g/mol. The first kappa shape index (κ1) is 17.0. The molecule has 2 N–H and O–H groups in total. The average molecular weight is 366 g/mol. The summed E-state index contributed by atoms with van der Waals surface area (Å²) < 4.78 is 19.6. The second-order valence-electron chi connectivity index (χ2n) is 6.28. The fourth-order valence-electron chi connectivity index (χ4n) is 3.11. The molecule has 1 aliphatic heterocycles. The monoisotopic (exact) mass is 366 g/mol. The van der Waals surface area contributed by atoms with Gasteiger partial charge in [0.05, 0.1) is 14.2 Å². The van der Waals surface area contributed by atoms with Crippen LogP contribution in [0.3, 0.4) is 0 Å². The number of methoxy groups -OCH3 is 1.